The van der Waals surface area contributed by atoms with Crippen LogP contribution in [0.2, 0.25) is 0 Å². The van der Waals surface area contributed by atoms with Crippen LogP contribution in [0, 0.1) is 0 Å². The fourth-order valence-electron chi connectivity index (χ4n) is 0.743. The molecule has 0 aliphatic carbocycles. The highest BCUT2D eigenvalue weighted by Gasteiger charge is 2.06. The number of hydrogen-bond acceptors (Lipinski definition) is 3. The SMILES string of the molecule is C[C@H](CN)NC(=O)CCOCC(F)F. The van der Waals surface area contributed by atoms with E-state index in [9.17, 15) is 13.6 Å². The summed E-state index contributed by atoms with van der Waals surface area (Å²) in [6.07, 6.45) is -2.40. The molecule has 0 bridgehead atoms. The predicted octanol–water partition coefficient (Wildman–Crippen LogP) is 0.122. The molecular formula is C8H16F2N2O2. The summed E-state index contributed by atoms with van der Waals surface area (Å²) in [6, 6.07) is -0.0994. The molecule has 1 amide bonds. The van der Waals surface area contributed by atoms with Crippen LogP contribution in [0.1, 0.15) is 13.3 Å². The Kier molecular flexibility index (Phi) is 7.23. The number of nitrogens with one attached hydrogen (secondary N) is 1. The summed E-state index contributed by atoms with van der Waals surface area (Å²) < 4.78 is 27.7. The van der Waals surface area contributed by atoms with Gasteiger partial charge >= 0.3 is 0 Å². The molecule has 0 heterocycles. The molecule has 1 atom stereocenters. The summed E-state index contributed by atoms with van der Waals surface area (Å²) in [5.41, 5.74) is 5.27. The molecule has 0 saturated carbocycles. The summed E-state index contributed by atoms with van der Waals surface area (Å²) >= 11 is 0. The Balaban J connectivity index is 3.36. The number of rotatable bonds is 7. The van der Waals surface area contributed by atoms with Gasteiger partial charge in [-0.1, -0.05) is 0 Å². The zero-order chi connectivity index (χ0) is 11.0. The molecule has 6 heteroatoms. The number of ether oxygens (including phenoxy) is 1. The van der Waals surface area contributed by atoms with Gasteiger partial charge in [0.05, 0.1) is 6.61 Å². The number of hydrogen-bond donors (Lipinski definition) is 2. The second-order valence-corrected chi connectivity index (χ2v) is 2.92. The van der Waals surface area contributed by atoms with Crippen LogP contribution < -0.4 is 11.1 Å². The Bertz CT molecular complexity index is 167. The van der Waals surface area contributed by atoms with E-state index in [1.54, 1.807) is 6.92 Å². The summed E-state index contributed by atoms with van der Waals surface area (Å²) in [4.78, 5) is 11.0. The van der Waals surface area contributed by atoms with Crippen molar-refractivity contribution < 1.29 is 18.3 Å². The minimum Gasteiger partial charge on any atom is -0.375 e. The van der Waals surface area contributed by atoms with Gasteiger partial charge in [-0.25, -0.2) is 8.78 Å². The monoisotopic (exact) mass is 210 g/mol. The van der Waals surface area contributed by atoms with Gasteiger partial charge in [-0.15, -0.1) is 0 Å². The fourth-order valence-corrected chi connectivity index (χ4v) is 0.743. The first-order valence-corrected chi connectivity index (χ1v) is 4.41. The molecule has 0 spiro atoms. The van der Waals surface area contributed by atoms with E-state index in [2.05, 4.69) is 10.1 Å². The van der Waals surface area contributed by atoms with Crippen LogP contribution in [0.4, 0.5) is 8.78 Å². The number of carbonyl (C=O) groups is 1. The lowest BCUT2D eigenvalue weighted by atomic mass is 10.3. The van der Waals surface area contributed by atoms with Crippen LogP contribution in [-0.2, 0) is 9.53 Å². The van der Waals surface area contributed by atoms with Crippen LogP contribution in [0.5, 0.6) is 0 Å². The molecule has 0 aromatic rings. The first-order chi connectivity index (χ1) is 6.56. The average molecular weight is 210 g/mol. The number of amides is 1. The average Bonchev–Trinajstić information content (AvgIpc) is 2.12. The van der Waals surface area contributed by atoms with Crippen molar-refractivity contribution in [2.75, 3.05) is 19.8 Å². The quantitative estimate of drug-likeness (QED) is 0.587. The van der Waals surface area contributed by atoms with Crippen LogP contribution in [0.3, 0.4) is 0 Å². The predicted molar refractivity (Wildman–Crippen MR) is 48.1 cm³/mol. The highest BCUT2D eigenvalue weighted by Crippen LogP contribution is 1.93. The first kappa shape index (κ1) is 13.2. The van der Waals surface area contributed by atoms with Crippen molar-refractivity contribution in [3.8, 4) is 0 Å². The number of alkyl halides is 2. The van der Waals surface area contributed by atoms with Gasteiger partial charge in [-0.3, -0.25) is 4.79 Å². The lowest BCUT2D eigenvalue weighted by Crippen LogP contribution is -2.38. The second-order valence-electron chi connectivity index (χ2n) is 2.92. The third kappa shape index (κ3) is 7.88. The van der Waals surface area contributed by atoms with Crippen molar-refractivity contribution in [1.29, 1.82) is 0 Å². The van der Waals surface area contributed by atoms with Crippen LogP contribution in [-0.4, -0.2) is 38.1 Å². The Morgan fingerprint density at radius 3 is 2.71 bits per heavy atom. The minimum atomic E-state index is -2.49. The van der Waals surface area contributed by atoms with E-state index in [1.165, 1.54) is 0 Å². The molecule has 4 nitrogen and oxygen atoms in total. The zero-order valence-electron chi connectivity index (χ0n) is 8.13. The zero-order valence-corrected chi connectivity index (χ0v) is 8.13. The highest BCUT2D eigenvalue weighted by molar-refractivity contribution is 5.76. The smallest absolute Gasteiger partial charge is 0.261 e. The largest absolute Gasteiger partial charge is 0.375 e. The van der Waals surface area contributed by atoms with Gasteiger partial charge in [0.2, 0.25) is 5.91 Å². The van der Waals surface area contributed by atoms with Crippen LogP contribution in [0.25, 0.3) is 0 Å². The van der Waals surface area contributed by atoms with E-state index in [-0.39, 0.29) is 25.0 Å². The Labute approximate surface area is 81.8 Å². The normalized spacial score (nSPS) is 12.9. The van der Waals surface area contributed by atoms with Crippen molar-refractivity contribution >= 4 is 5.91 Å². The van der Waals surface area contributed by atoms with E-state index < -0.39 is 13.0 Å². The lowest BCUT2D eigenvalue weighted by molar-refractivity contribution is -0.123. The van der Waals surface area contributed by atoms with Gasteiger partial charge < -0.3 is 15.8 Å². The Morgan fingerprint density at radius 1 is 1.57 bits per heavy atom. The summed E-state index contributed by atoms with van der Waals surface area (Å²) in [7, 11) is 0. The minimum absolute atomic E-state index is 0.00741. The van der Waals surface area contributed by atoms with Gasteiger partial charge in [0.25, 0.3) is 6.43 Å². The van der Waals surface area contributed by atoms with Crippen molar-refractivity contribution in [3.63, 3.8) is 0 Å². The van der Waals surface area contributed by atoms with E-state index in [1.807, 2.05) is 0 Å². The Hall–Kier alpha value is -0.750. The highest BCUT2D eigenvalue weighted by atomic mass is 19.3. The lowest BCUT2D eigenvalue weighted by Gasteiger charge is -2.10. The molecule has 0 radical (unpaired) electrons. The first-order valence-electron chi connectivity index (χ1n) is 4.41. The van der Waals surface area contributed by atoms with E-state index >= 15 is 0 Å². The maximum atomic E-state index is 11.6. The summed E-state index contributed by atoms with van der Waals surface area (Å²) in [6.45, 7) is 1.49. The topological polar surface area (TPSA) is 64.3 Å². The number of nitrogens with two attached hydrogens (primary N) is 1. The molecule has 0 rings (SSSR count). The maximum Gasteiger partial charge on any atom is 0.261 e. The van der Waals surface area contributed by atoms with Gasteiger partial charge in [0, 0.05) is 19.0 Å². The molecule has 0 aliphatic heterocycles. The number of halogens is 2. The van der Waals surface area contributed by atoms with Gasteiger partial charge in [0.1, 0.15) is 6.61 Å². The summed E-state index contributed by atoms with van der Waals surface area (Å²) in [5, 5.41) is 2.59. The molecule has 0 unspecified atom stereocenters. The molecule has 0 aromatic heterocycles. The molecule has 0 fully saturated rings. The van der Waals surface area contributed by atoms with Crippen molar-refractivity contribution in [3.05, 3.63) is 0 Å². The molecule has 0 aromatic carbocycles. The molecule has 0 aliphatic rings. The van der Waals surface area contributed by atoms with Crippen LogP contribution in [0.15, 0.2) is 0 Å². The van der Waals surface area contributed by atoms with E-state index in [0.29, 0.717) is 6.54 Å². The van der Waals surface area contributed by atoms with Crippen molar-refractivity contribution in [1.82, 2.24) is 5.32 Å². The van der Waals surface area contributed by atoms with Crippen molar-refractivity contribution in [2.24, 2.45) is 5.73 Å². The van der Waals surface area contributed by atoms with E-state index in [0.717, 1.165) is 0 Å². The molecule has 14 heavy (non-hydrogen) atoms. The van der Waals surface area contributed by atoms with Crippen molar-refractivity contribution in [2.45, 2.75) is 25.8 Å². The van der Waals surface area contributed by atoms with Crippen LogP contribution >= 0.6 is 0 Å². The number of carbonyl (C=O) groups excluding carboxylic acids is 1. The maximum absolute atomic E-state index is 11.6. The van der Waals surface area contributed by atoms with Gasteiger partial charge in [-0.05, 0) is 6.92 Å². The van der Waals surface area contributed by atoms with Gasteiger partial charge in [0.15, 0.2) is 0 Å². The fraction of sp³-hybridized carbons (Fsp3) is 0.875. The molecule has 84 valence electrons. The van der Waals surface area contributed by atoms with E-state index in [4.69, 9.17) is 5.73 Å². The molecule has 0 saturated heterocycles. The standard InChI is InChI=1S/C8H16F2N2O2/c1-6(4-11)12-8(13)2-3-14-5-7(9)10/h6-7H,2-5,11H2,1H3,(H,12,13)/t6-/m1/s1. The second kappa shape index (κ2) is 7.64. The third-order valence-corrected chi connectivity index (χ3v) is 1.48. The molecule has 3 N–H and O–H groups in total. The summed E-state index contributed by atoms with van der Waals surface area (Å²) in [5.74, 6) is -0.239. The molecular weight excluding hydrogens is 194 g/mol. The Morgan fingerprint density at radius 2 is 2.21 bits per heavy atom. The third-order valence-electron chi connectivity index (χ3n) is 1.48. The van der Waals surface area contributed by atoms with Gasteiger partial charge in [-0.2, -0.15) is 0 Å².